The number of rotatable bonds is 8. The molecule has 0 aliphatic rings. The number of hydrogen-bond acceptors (Lipinski definition) is 6. The van der Waals surface area contributed by atoms with Crippen molar-refractivity contribution < 1.29 is 27.4 Å². The van der Waals surface area contributed by atoms with E-state index in [4.69, 9.17) is 21.7 Å². The van der Waals surface area contributed by atoms with Gasteiger partial charge in [0.15, 0.2) is 0 Å². The average Bonchev–Trinajstić information content (AvgIpc) is 2.77. The zero-order chi connectivity index (χ0) is 27.1. The Labute approximate surface area is 219 Å². The summed E-state index contributed by atoms with van der Waals surface area (Å²) in [5, 5.41) is 3.15. The zero-order valence-corrected chi connectivity index (χ0v) is 22.8. The van der Waals surface area contributed by atoms with Crippen molar-refractivity contribution in [1.82, 2.24) is 10.3 Å². The first-order valence-corrected chi connectivity index (χ1v) is 12.5. The maximum atomic E-state index is 12.7. The molecular weight excluding hydrogens is 509 g/mol. The van der Waals surface area contributed by atoms with Crippen LogP contribution in [-0.2, 0) is 15.7 Å². The highest BCUT2D eigenvalue weighted by atomic mass is 32.2. The number of hydrogen-bond donors (Lipinski definition) is 1. The standard InChI is InChI=1S/C26H31F3N2O3S2/c1-7-19(31-23(35)36-25(5,6)22(32)34-24(2,3)4)14-15-33-20-11-8-17(9-12-20)21-13-10-18(16-30-21)26(27,28)29/h7-13,16H,14-15H2,1-6H3,(H,31,35)/b19-7-. The van der Waals surface area contributed by atoms with Gasteiger partial charge in [0, 0.05) is 23.9 Å². The van der Waals surface area contributed by atoms with E-state index in [9.17, 15) is 18.0 Å². The molecule has 1 aromatic heterocycles. The molecule has 2 rings (SSSR count). The Morgan fingerprint density at radius 2 is 1.72 bits per heavy atom. The Bertz CT molecular complexity index is 1080. The number of alkyl halides is 3. The SMILES string of the molecule is C/C=C(/CCOc1ccc(-c2ccc(C(F)(F)F)cn2)cc1)NC(=S)SC(C)(C)C(=O)OC(C)(C)C. The topological polar surface area (TPSA) is 60.5 Å². The molecule has 0 atom stereocenters. The van der Waals surface area contributed by atoms with Gasteiger partial charge >= 0.3 is 12.1 Å². The Hall–Kier alpha value is -2.59. The van der Waals surface area contributed by atoms with E-state index in [-0.39, 0.29) is 5.97 Å². The van der Waals surface area contributed by atoms with Crippen LogP contribution in [0, 0.1) is 0 Å². The number of nitrogens with zero attached hydrogens (tertiary/aromatic N) is 1. The summed E-state index contributed by atoms with van der Waals surface area (Å²) in [4.78, 5) is 16.4. The van der Waals surface area contributed by atoms with Gasteiger partial charge in [-0.1, -0.05) is 30.1 Å². The fourth-order valence-electron chi connectivity index (χ4n) is 2.84. The minimum absolute atomic E-state index is 0.343. The van der Waals surface area contributed by atoms with Gasteiger partial charge in [0.25, 0.3) is 0 Å². The molecule has 0 saturated carbocycles. The Morgan fingerprint density at radius 3 is 2.22 bits per heavy atom. The number of esters is 1. The van der Waals surface area contributed by atoms with Crippen LogP contribution in [0.2, 0.25) is 0 Å². The highest BCUT2D eigenvalue weighted by Crippen LogP contribution is 2.31. The molecular formula is C26H31F3N2O3S2. The van der Waals surface area contributed by atoms with Crippen molar-refractivity contribution in [3.8, 4) is 17.0 Å². The number of ether oxygens (including phenoxy) is 2. The van der Waals surface area contributed by atoms with Crippen LogP contribution in [0.1, 0.15) is 53.5 Å². The van der Waals surface area contributed by atoms with E-state index in [0.717, 1.165) is 18.0 Å². The first-order chi connectivity index (χ1) is 16.6. The Kier molecular flexibility index (Phi) is 9.96. The molecule has 0 radical (unpaired) electrons. The van der Waals surface area contributed by atoms with Crippen molar-refractivity contribution in [1.29, 1.82) is 0 Å². The van der Waals surface area contributed by atoms with Crippen LogP contribution in [-0.4, -0.2) is 32.2 Å². The number of allylic oxidation sites excluding steroid dienone is 1. The third-order valence-electron chi connectivity index (χ3n) is 4.73. The summed E-state index contributed by atoms with van der Waals surface area (Å²) < 4.78 is 49.0. The molecule has 0 saturated heterocycles. The van der Waals surface area contributed by atoms with Gasteiger partial charge in [-0.15, -0.1) is 0 Å². The average molecular weight is 541 g/mol. The van der Waals surface area contributed by atoms with Gasteiger partial charge in [-0.2, -0.15) is 13.2 Å². The fraction of sp³-hybridized carbons (Fsp3) is 0.423. The van der Waals surface area contributed by atoms with E-state index in [2.05, 4.69) is 10.3 Å². The highest BCUT2D eigenvalue weighted by molar-refractivity contribution is 8.24. The van der Waals surface area contributed by atoms with E-state index in [0.29, 0.717) is 34.4 Å². The molecule has 0 unspecified atom stereocenters. The van der Waals surface area contributed by atoms with Crippen molar-refractivity contribution in [2.75, 3.05) is 6.61 Å². The van der Waals surface area contributed by atoms with E-state index < -0.39 is 22.1 Å². The number of aromatic nitrogens is 1. The van der Waals surface area contributed by atoms with Crippen LogP contribution in [0.4, 0.5) is 13.2 Å². The second kappa shape index (κ2) is 12.1. The summed E-state index contributed by atoms with van der Waals surface area (Å²) in [5.74, 6) is 0.272. The predicted octanol–water partition coefficient (Wildman–Crippen LogP) is 7.17. The van der Waals surface area contributed by atoms with Crippen molar-refractivity contribution >= 4 is 34.3 Å². The van der Waals surface area contributed by atoms with Crippen LogP contribution in [0.15, 0.2) is 54.4 Å². The predicted molar refractivity (Wildman–Crippen MR) is 142 cm³/mol. The summed E-state index contributed by atoms with van der Waals surface area (Å²) >= 11 is 6.65. The molecule has 0 aliphatic heterocycles. The van der Waals surface area contributed by atoms with E-state index in [1.165, 1.54) is 17.8 Å². The molecule has 0 spiro atoms. The van der Waals surface area contributed by atoms with Crippen LogP contribution in [0.25, 0.3) is 11.3 Å². The van der Waals surface area contributed by atoms with Crippen LogP contribution in [0.3, 0.4) is 0 Å². The lowest BCUT2D eigenvalue weighted by atomic mass is 10.1. The van der Waals surface area contributed by atoms with E-state index in [1.807, 2.05) is 33.8 Å². The van der Waals surface area contributed by atoms with Crippen molar-refractivity contribution in [2.45, 2.75) is 64.5 Å². The minimum Gasteiger partial charge on any atom is -0.493 e. The molecule has 5 nitrogen and oxygen atoms in total. The summed E-state index contributed by atoms with van der Waals surface area (Å²) in [6, 6.07) is 9.31. The third-order valence-corrected chi connectivity index (χ3v) is 6.05. The molecule has 36 heavy (non-hydrogen) atoms. The molecule has 0 aliphatic carbocycles. The Morgan fingerprint density at radius 1 is 1.08 bits per heavy atom. The minimum atomic E-state index is -4.42. The second-order valence-corrected chi connectivity index (χ2v) is 11.7. The van der Waals surface area contributed by atoms with E-state index in [1.54, 1.807) is 38.1 Å². The molecule has 2 aromatic rings. The number of nitrogens with one attached hydrogen (secondary N) is 1. The molecule has 1 N–H and O–H groups in total. The van der Waals surface area contributed by atoms with Crippen molar-refractivity contribution in [2.24, 2.45) is 0 Å². The highest BCUT2D eigenvalue weighted by Gasteiger charge is 2.34. The lowest BCUT2D eigenvalue weighted by molar-refractivity contribution is -0.156. The first kappa shape index (κ1) is 29.6. The summed E-state index contributed by atoms with van der Waals surface area (Å²) in [6.07, 6.45) is -1.16. The maximum absolute atomic E-state index is 12.7. The van der Waals surface area contributed by atoms with Crippen LogP contribution >= 0.6 is 24.0 Å². The monoisotopic (exact) mass is 540 g/mol. The zero-order valence-electron chi connectivity index (χ0n) is 21.2. The van der Waals surface area contributed by atoms with Gasteiger partial charge < -0.3 is 14.8 Å². The number of pyridine rings is 1. The first-order valence-electron chi connectivity index (χ1n) is 11.3. The molecule has 10 heteroatoms. The third kappa shape index (κ3) is 9.46. The molecule has 0 fully saturated rings. The number of thioether (sulfide) groups is 1. The smallest absolute Gasteiger partial charge is 0.417 e. The molecule has 1 aromatic carbocycles. The van der Waals surface area contributed by atoms with Gasteiger partial charge in [-0.05, 0) is 77.9 Å². The maximum Gasteiger partial charge on any atom is 0.417 e. The molecule has 196 valence electrons. The van der Waals surface area contributed by atoms with Gasteiger partial charge in [0.05, 0.1) is 17.9 Å². The van der Waals surface area contributed by atoms with Crippen LogP contribution < -0.4 is 10.1 Å². The summed E-state index contributed by atoms with van der Waals surface area (Å²) in [6.45, 7) is 11.2. The normalized spacial score (nSPS) is 12.8. The molecule has 0 amide bonds. The van der Waals surface area contributed by atoms with Gasteiger partial charge in [-0.25, -0.2) is 0 Å². The number of carbonyl (C=O) groups is 1. The lowest BCUT2D eigenvalue weighted by Gasteiger charge is -2.28. The van der Waals surface area contributed by atoms with Gasteiger partial charge in [0.2, 0.25) is 0 Å². The Balaban J connectivity index is 1.86. The summed E-state index contributed by atoms with van der Waals surface area (Å²) in [5.41, 5.74) is 0.600. The van der Waals surface area contributed by atoms with Gasteiger partial charge in [-0.3, -0.25) is 9.78 Å². The van der Waals surface area contributed by atoms with Crippen molar-refractivity contribution in [3.63, 3.8) is 0 Å². The van der Waals surface area contributed by atoms with E-state index >= 15 is 0 Å². The largest absolute Gasteiger partial charge is 0.493 e. The second-order valence-electron chi connectivity index (χ2n) is 9.39. The van der Waals surface area contributed by atoms with Crippen LogP contribution in [0.5, 0.6) is 5.75 Å². The van der Waals surface area contributed by atoms with Gasteiger partial charge in [0.1, 0.15) is 20.4 Å². The quantitative estimate of drug-likeness (QED) is 0.281. The fourth-order valence-corrected chi connectivity index (χ4v) is 4.37. The summed E-state index contributed by atoms with van der Waals surface area (Å²) in [7, 11) is 0. The molecule has 0 bridgehead atoms. The molecule has 1 heterocycles. The lowest BCUT2D eigenvalue weighted by Crippen LogP contribution is -2.38. The number of halogens is 3. The number of benzene rings is 1. The number of thiocarbonyl (C=S) groups is 1. The van der Waals surface area contributed by atoms with Crippen molar-refractivity contribution in [3.05, 3.63) is 59.9 Å². The number of carbonyl (C=O) groups excluding carboxylic acids is 1.